The molecular weight excluding hydrogens is 423 g/mol. The van der Waals surface area contributed by atoms with Gasteiger partial charge in [-0.3, -0.25) is 14.5 Å². The minimum atomic E-state index is -2.57. The lowest BCUT2D eigenvalue weighted by Crippen LogP contribution is -2.46. The van der Waals surface area contributed by atoms with E-state index >= 15 is 4.39 Å². The standard InChI is InChI=1S/C24H29FN6O2/c1-14(2)21-24(33)29-22-17(28-21)6-5-16(20(22)25)13-30-9-11-31(12-10-30)19-8-7-18(23(32)26-4)27-15(19)3/h5-8,14H,9-13H2,1-4H3,(H,26,32)(H,29,33)/i4D3. The van der Waals surface area contributed by atoms with Gasteiger partial charge >= 0.3 is 0 Å². The van der Waals surface area contributed by atoms with Crippen molar-refractivity contribution in [1.29, 1.82) is 0 Å². The molecule has 4 rings (SSSR count). The van der Waals surface area contributed by atoms with Crippen molar-refractivity contribution in [1.82, 2.24) is 25.2 Å². The summed E-state index contributed by atoms with van der Waals surface area (Å²) in [6, 6.07) is 6.74. The predicted octanol–water partition coefficient (Wildman–Crippen LogP) is 2.57. The van der Waals surface area contributed by atoms with Crippen LogP contribution in [0.3, 0.4) is 0 Å². The molecule has 0 atom stereocenters. The molecule has 3 heterocycles. The summed E-state index contributed by atoms with van der Waals surface area (Å²) in [6.07, 6.45) is 0. The van der Waals surface area contributed by atoms with Crippen LogP contribution in [0.5, 0.6) is 0 Å². The van der Waals surface area contributed by atoms with Crippen LogP contribution in [0.1, 0.15) is 51.3 Å². The Bertz CT molecular complexity index is 1350. The number of pyridine rings is 1. The fourth-order valence-electron chi connectivity index (χ4n) is 4.16. The summed E-state index contributed by atoms with van der Waals surface area (Å²) >= 11 is 0. The van der Waals surface area contributed by atoms with Crippen LogP contribution in [0.15, 0.2) is 29.1 Å². The number of carbonyl (C=O) groups excluding carboxylic acids is 1. The Morgan fingerprint density at radius 3 is 2.64 bits per heavy atom. The van der Waals surface area contributed by atoms with Crippen LogP contribution in [0, 0.1) is 12.7 Å². The Labute approximate surface area is 196 Å². The van der Waals surface area contributed by atoms with E-state index in [4.69, 9.17) is 4.11 Å². The molecule has 3 aromatic rings. The molecule has 0 radical (unpaired) electrons. The molecule has 2 aromatic heterocycles. The number of aromatic nitrogens is 3. The van der Waals surface area contributed by atoms with E-state index in [2.05, 4.69) is 24.8 Å². The maximum atomic E-state index is 15.2. The summed E-state index contributed by atoms with van der Waals surface area (Å²) in [7, 11) is 0. The minimum absolute atomic E-state index is 0.0471. The molecule has 0 spiro atoms. The molecule has 174 valence electrons. The number of carbonyl (C=O) groups is 1. The Hall–Kier alpha value is -3.33. The molecular formula is C24H29FN6O2. The number of H-pyrrole nitrogens is 1. The number of amides is 1. The van der Waals surface area contributed by atoms with Gasteiger partial charge in [0.05, 0.1) is 16.9 Å². The number of nitrogens with zero attached hydrogens (tertiary/aromatic N) is 4. The van der Waals surface area contributed by atoms with E-state index in [1.165, 1.54) is 6.07 Å². The average molecular weight is 456 g/mol. The average Bonchev–Trinajstić information content (AvgIpc) is 2.80. The zero-order valence-electron chi connectivity index (χ0n) is 21.9. The molecule has 0 bridgehead atoms. The zero-order chi connectivity index (χ0) is 26.2. The Morgan fingerprint density at radius 1 is 1.21 bits per heavy atom. The lowest BCUT2D eigenvalue weighted by molar-refractivity contribution is 0.0958. The highest BCUT2D eigenvalue weighted by molar-refractivity contribution is 5.92. The van der Waals surface area contributed by atoms with Crippen molar-refractivity contribution in [3.05, 3.63) is 63.1 Å². The number of halogens is 1. The highest BCUT2D eigenvalue weighted by Crippen LogP contribution is 2.23. The third kappa shape index (κ3) is 4.59. The molecule has 0 saturated carbocycles. The van der Waals surface area contributed by atoms with Crippen molar-refractivity contribution in [2.24, 2.45) is 0 Å². The smallest absolute Gasteiger partial charge is 0.270 e. The van der Waals surface area contributed by atoms with Crippen LogP contribution in [0.25, 0.3) is 11.0 Å². The van der Waals surface area contributed by atoms with Crippen LogP contribution in [-0.4, -0.2) is 58.9 Å². The van der Waals surface area contributed by atoms with E-state index in [0.717, 1.165) is 5.69 Å². The molecule has 9 heteroatoms. The number of hydrogen-bond acceptors (Lipinski definition) is 6. The molecule has 2 N–H and O–H groups in total. The molecule has 1 fully saturated rings. The molecule has 0 unspecified atom stereocenters. The summed E-state index contributed by atoms with van der Waals surface area (Å²) in [5.41, 5.74) is 2.61. The van der Waals surface area contributed by atoms with Gasteiger partial charge in [-0.15, -0.1) is 0 Å². The molecule has 8 nitrogen and oxygen atoms in total. The largest absolute Gasteiger partial charge is 0.368 e. The number of rotatable bonds is 5. The van der Waals surface area contributed by atoms with Gasteiger partial charge in [0.25, 0.3) is 11.5 Å². The van der Waals surface area contributed by atoms with Gasteiger partial charge in [-0.1, -0.05) is 19.9 Å². The second-order valence-corrected chi connectivity index (χ2v) is 8.56. The topological polar surface area (TPSA) is 94.2 Å². The Morgan fingerprint density at radius 2 is 1.97 bits per heavy atom. The monoisotopic (exact) mass is 455 g/mol. The number of aromatic amines is 1. The fraction of sp³-hybridized carbons (Fsp3) is 0.417. The van der Waals surface area contributed by atoms with E-state index < -0.39 is 18.7 Å². The number of piperazine rings is 1. The summed E-state index contributed by atoms with van der Waals surface area (Å²) in [5.74, 6) is -1.26. The van der Waals surface area contributed by atoms with Gasteiger partial charge in [0, 0.05) is 55.3 Å². The van der Waals surface area contributed by atoms with Gasteiger partial charge in [-0.2, -0.15) is 0 Å². The van der Waals surface area contributed by atoms with Crippen LogP contribution >= 0.6 is 0 Å². The number of benzene rings is 1. The quantitative estimate of drug-likeness (QED) is 0.614. The number of aryl methyl sites for hydroxylation is 1. The molecule has 1 aromatic carbocycles. The Balaban J connectivity index is 1.43. The molecule has 33 heavy (non-hydrogen) atoms. The van der Waals surface area contributed by atoms with Gasteiger partial charge in [-0.25, -0.2) is 14.4 Å². The van der Waals surface area contributed by atoms with Gasteiger partial charge in [0.15, 0.2) is 5.82 Å². The van der Waals surface area contributed by atoms with Crippen LogP contribution in [0.4, 0.5) is 10.1 Å². The van der Waals surface area contributed by atoms with Gasteiger partial charge < -0.3 is 15.2 Å². The van der Waals surface area contributed by atoms with Crippen molar-refractivity contribution in [3.8, 4) is 0 Å². The third-order valence-electron chi connectivity index (χ3n) is 5.97. The van der Waals surface area contributed by atoms with Gasteiger partial charge in [-0.05, 0) is 25.1 Å². The molecule has 1 saturated heterocycles. The summed E-state index contributed by atoms with van der Waals surface area (Å²) < 4.78 is 36.7. The van der Waals surface area contributed by atoms with E-state index in [1.54, 1.807) is 25.1 Å². The van der Waals surface area contributed by atoms with Crippen molar-refractivity contribution in [2.75, 3.05) is 38.1 Å². The van der Waals surface area contributed by atoms with Crippen LogP contribution in [0.2, 0.25) is 0 Å². The molecule has 1 aliphatic heterocycles. The van der Waals surface area contributed by atoms with E-state index in [0.29, 0.717) is 55.2 Å². The van der Waals surface area contributed by atoms with Crippen molar-refractivity contribution in [3.63, 3.8) is 0 Å². The van der Waals surface area contributed by atoms with Crippen molar-refractivity contribution < 1.29 is 13.3 Å². The molecule has 0 aliphatic carbocycles. The summed E-state index contributed by atoms with van der Waals surface area (Å²) in [5, 5.41) is 1.94. The highest BCUT2D eigenvalue weighted by atomic mass is 19.1. The number of hydrogen-bond donors (Lipinski definition) is 2. The molecule has 1 aliphatic rings. The van der Waals surface area contributed by atoms with E-state index in [9.17, 15) is 9.59 Å². The molecule has 1 amide bonds. The van der Waals surface area contributed by atoms with Gasteiger partial charge in [0.1, 0.15) is 16.9 Å². The third-order valence-corrected chi connectivity index (χ3v) is 5.97. The lowest BCUT2D eigenvalue weighted by Gasteiger charge is -2.36. The number of anilines is 1. The number of nitrogens with one attached hydrogen (secondary N) is 2. The highest BCUT2D eigenvalue weighted by Gasteiger charge is 2.22. The van der Waals surface area contributed by atoms with Crippen molar-refractivity contribution in [2.45, 2.75) is 33.2 Å². The second kappa shape index (κ2) is 9.27. The van der Waals surface area contributed by atoms with Crippen molar-refractivity contribution >= 4 is 22.6 Å². The second-order valence-electron chi connectivity index (χ2n) is 8.56. The maximum Gasteiger partial charge on any atom is 0.270 e. The normalized spacial score (nSPS) is 16.5. The predicted molar refractivity (Wildman–Crippen MR) is 126 cm³/mol. The van der Waals surface area contributed by atoms with Crippen LogP contribution in [-0.2, 0) is 6.54 Å². The first kappa shape index (κ1) is 19.2. The SMILES string of the molecule is [2H]C([2H])([2H])NC(=O)c1ccc(N2CCN(Cc3ccc4nc(C(C)C)c(=O)[nH]c4c3F)CC2)c(C)n1. The minimum Gasteiger partial charge on any atom is -0.368 e. The first-order chi connectivity index (χ1) is 16.9. The lowest BCUT2D eigenvalue weighted by atomic mass is 10.1. The Kier molecular flexibility index (Phi) is 5.38. The van der Waals surface area contributed by atoms with Crippen LogP contribution < -0.4 is 15.8 Å². The zero-order valence-corrected chi connectivity index (χ0v) is 18.9. The first-order valence-electron chi connectivity index (χ1n) is 12.4. The maximum absolute atomic E-state index is 15.2. The fourth-order valence-corrected chi connectivity index (χ4v) is 4.16. The first-order valence-corrected chi connectivity index (χ1v) is 10.9. The summed E-state index contributed by atoms with van der Waals surface area (Å²) in [4.78, 5) is 39.9. The number of fused-ring (bicyclic) bond motifs is 1. The van der Waals surface area contributed by atoms with E-state index in [-0.39, 0.29) is 22.7 Å². The van der Waals surface area contributed by atoms with E-state index in [1.807, 2.05) is 19.2 Å². The van der Waals surface area contributed by atoms with Gasteiger partial charge in [0.2, 0.25) is 0 Å². The summed E-state index contributed by atoms with van der Waals surface area (Å²) in [6.45, 7) is 6.05.